The van der Waals surface area contributed by atoms with Gasteiger partial charge in [-0.15, -0.1) is 16.8 Å². The number of hydrogen-bond acceptors (Lipinski definition) is 6. The van der Waals surface area contributed by atoms with Crippen LogP contribution in [0.5, 0.6) is 11.5 Å². The number of nitrogens with one attached hydrogen (secondary N) is 1. The number of benzene rings is 2. The van der Waals surface area contributed by atoms with Crippen LogP contribution in [0.3, 0.4) is 0 Å². The Labute approximate surface area is 195 Å². The van der Waals surface area contributed by atoms with Crippen molar-refractivity contribution in [1.29, 1.82) is 0 Å². The number of carbonyl (C=O) groups is 1. The van der Waals surface area contributed by atoms with E-state index in [1.54, 1.807) is 6.08 Å². The van der Waals surface area contributed by atoms with Crippen LogP contribution in [0, 0.1) is 0 Å². The first kappa shape index (κ1) is 22.2. The van der Waals surface area contributed by atoms with Gasteiger partial charge in [-0.3, -0.25) is 9.36 Å². The highest BCUT2D eigenvalue weighted by atomic mass is 35.5. The molecule has 1 amide bonds. The zero-order valence-electron chi connectivity index (χ0n) is 17.6. The number of carbonyl (C=O) groups excluding carboxylic acids is 1. The first-order chi connectivity index (χ1) is 15.5. The maximum atomic E-state index is 12.6. The van der Waals surface area contributed by atoms with E-state index in [2.05, 4.69) is 22.1 Å². The quantitative estimate of drug-likeness (QED) is 0.385. The molecule has 1 aliphatic heterocycles. The van der Waals surface area contributed by atoms with Gasteiger partial charge in [-0.25, -0.2) is 0 Å². The van der Waals surface area contributed by atoms with Crippen LogP contribution in [-0.2, 0) is 11.3 Å². The molecule has 3 aromatic rings. The van der Waals surface area contributed by atoms with E-state index in [4.69, 9.17) is 21.1 Å². The predicted molar refractivity (Wildman–Crippen MR) is 125 cm³/mol. The fraction of sp³-hybridized carbons (Fsp3) is 0.261. The maximum absolute atomic E-state index is 12.6. The number of hydrogen-bond donors (Lipinski definition) is 1. The zero-order valence-corrected chi connectivity index (χ0v) is 19.2. The second-order valence-electron chi connectivity index (χ2n) is 7.19. The van der Waals surface area contributed by atoms with Crippen LogP contribution in [0.2, 0.25) is 5.02 Å². The van der Waals surface area contributed by atoms with Gasteiger partial charge in [0.05, 0.1) is 11.8 Å². The summed E-state index contributed by atoms with van der Waals surface area (Å²) >= 11 is 7.32. The van der Waals surface area contributed by atoms with E-state index < -0.39 is 0 Å². The molecular weight excluding hydrogens is 448 g/mol. The van der Waals surface area contributed by atoms with Crippen molar-refractivity contribution in [3.63, 3.8) is 0 Å². The molecule has 1 aliphatic rings. The number of thioether (sulfide) groups is 1. The molecular formula is C23H23ClN4O3S. The molecule has 0 saturated carbocycles. The number of rotatable bonds is 8. The van der Waals surface area contributed by atoms with Crippen LogP contribution >= 0.6 is 23.4 Å². The molecule has 0 aliphatic carbocycles. The summed E-state index contributed by atoms with van der Waals surface area (Å²) in [4.78, 5) is 12.6. The Kier molecular flexibility index (Phi) is 7.02. The van der Waals surface area contributed by atoms with Crippen molar-refractivity contribution in [1.82, 2.24) is 20.1 Å². The molecule has 0 saturated heterocycles. The van der Waals surface area contributed by atoms with Crippen LogP contribution < -0.4 is 14.8 Å². The van der Waals surface area contributed by atoms with Gasteiger partial charge in [-0.05, 0) is 48.9 Å². The Balaban J connectivity index is 1.40. The molecule has 1 aromatic heterocycles. The molecule has 166 valence electrons. The van der Waals surface area contributed by atoms with Gasteiger partial charge in [0.25, 0.3) is 0 Å². The van der Waals surface area contributed by atoms with Crippen molar-refractivity contribution in [3.05, 3.63) is 65.7 Å². The van der Waals surface area contributed by atoms with Crippen LogP contribution in [-0.4, -0.2) is 39.6 Å². The third-order valence-electron chi connectivity index (χ3n) is 4.91. The average Bonchev–Trinajstić information content (AvgIpc) is 3.20. The van der Waals surface area contributed by atoms with E-state index in [-0.39, 0.29) is 17.7 Å². The van der Waals surface area contributed by atoms with Crippen molar-refractivity contribution in [2.45, 2.75) is 24.7 Å². The lowest BCUT2D eigenvalue weighted by atomic mass is 10.1. The fourth-order valence-corrected chi connectivity index (χ4v) is 4.21. The van der Waals surface area contributed by atoms with Gasteiger partial charge in [0, 0.05) is 17.1 Å². The highest BCUT2D eigenvalue weighted by molar-refractivity contribution is 7.99. The lowest BCUT2D eigenvalue weighted by molar-refractivity contribution is -0.119. The van der Waals surface area contributed by atoms with Gasteiger partial charge in [0.15, 0.2) is 22.5 Å². The number of aromatic nitrogens is 3. The molecule has 0 radical (unpaired) electrons. The van der Waals surface area contributed by atoms with Gasteiger partial charge in [-0.2, -0.15) is 0 Å². The molecule has 9 heteroatoms. The van der Waals surface area contributed by atoms with Crippen molar-refractivity contribution in [2.24, 2.45) is 0 Å². The normalized spacial score (nSPS) is 13.4. The Morgan fingerprint density at radius 3 is 2.72 bits per heavy atom. The molecule has 1 unspecified atom stereocenters. The van der Waals surface area contributed by atoms with Crippen LogP contribution in [0.1, 0.15) is 18.5 Å². The second-order valence-corrected chi connectivity index (χ2v) is 8.57. The topological polar surface area (TPSA) is 78.3 Å². The summed E-state index contributed by atoms with van der Waals surface area (Å²) in [5.74, 6) is 2.25. The smallest absolute Gasteiger partial charge is 0.230 e. The Bertz CT molecular complexity index is 1120. The molecule has 1 N–H and O–H groups in total. The zero-order chi connectivity index (χ0) is 22.5. The summed E-state index contributed by atoms with van der Waals surface area (Å²) in [5.41, 5.74) is 1.85. The van der Waals surface area contributed by atoms with E-state index >= 15 is 0 Å². The van der Waals surface area contributed by atoms with E-state index in [0.29, 0.717) is 41.5 Å². The number of halogens is 1. The Hall–Kier alpha value is -2.97. The van der Waals surface area contributed by atoms with Gasteiger partial charge < -0.3 is 14.8 Å². The number of nitrogens with zero attached hydrogens (tertiary/aromatic N) is 3. The largest absolute Gasteiger partial charge is 0.486 e. The number of fused-ring (bicyclic) bond motifs is 1. The van der Waals surface area contributed by atoms with Gasteiger partial charge >= 0.3 is 0 Å². The lowest BCUT2D eigenvalue weighted by Crippen LogP contribution is -2.28. The molecule has 2 heterocycles. The minimum Gasteiger partial charge on any atom is -0.486 e. The highest BCUT2D eigenvalue weighted by Crippen LogP contribution is 2.32. The van der Waals surface area contributed by atoms with Crippen molar-refractivity contribution >= 4 is 29.3 Å². The monoisotopic (exact) mass is 470 g/mol. The summed E-state index contributed by atoms with van der Waals surface area (Å²) < 4.78 is 13.1. The maximum Gasteiger partial charge on any atom is 0.230 e. The Morgan fingerprint density at radius 1 is 1.22 bits per heavy atom. The summed E-state index contributed by atoms with van der Waals surface area (Å²) in [6.45, 7) is 7.36. The SMILES string of the molecule is C=CCn1c(SCC(=O)NC(C)c2ccc3c(c2)OCCO3)nnc1-c1ccc(Cl)cc1. The molecule has 7 nitrogen and oxygen atoms in total. The molecule has 2 aromatic carbocycles. The summed E-state index contributed by atoms with van der Waals surface area (Å²) in [6.07, 6.45) is 1.77. The molecule has 0 spiro atoms. The molecule has 0 bridgehead atoms. The number of allylic oxidation sites excluding steroid dienone is 1. The number of amides is 1. The van der Waals surface area contributed by atoms with E-state index in [0.717, 1.165) is 16.9 Å². The summed E-state index contributed by atoms with van der Waals surface area (Å²) in [7, 11) is 0. The lowest BCUT2D eigenvalue weighted by Gasteiger charge is -2.21. The van der Waals surface area contributed by atoms with E-state index in [9.17, 15) is 4.79 Å². The standard InChI is InChI=1S/C23H23ClN4O3S/c1-3-10-28-22(16-4-7-18(24)8-5-16)26-27-23(28)32-14-21(29)25-15(2)17-6-9-19-20(13-17)31-12-11-30-19/h3-9,13,15H,1,10-12,14H2,2H3,(H,25,29). The van der Waals surface area contributed by atoms with Crippen molar-refractivity contribution in [2.75, 3.05) is 19.0 Å². The average molecular weight is 471 g/mol. The first-order valence-corrected chi connectivity index (χ1v) is 11.5. The first-order valence-electron chi connectivity index (χ1n) is 10.2. The van der Waals surface area contributed by atoms with Crippen molar-refractivity contribution < 1.29 is 14.3 Å². The van der Waals surface area contributed by atoms with E-state index in [1.165, 1.54) is 11.8 Å². The predicted octanol–water partition coefficient (Wildman–Crippen LogP) is 4.53. The third kappa shape index (κ3) is 5.08. The van der Waals surface area contributed by atoms with Gasteiger partial charge in [-0.1, -0.05) is 35.5 Å². The third-order valence-corrected chi connectivity index (χ3v) is 6.13. The fourth-order valence-electron chi connectivity index (χ4n) is 3.33. The molecule has 1 atom stereocenters. The van der Waals surface area contributed by atoms with Crippen molar-refractivity contribution in [3.8, 4) is 22.9 Å². The minimum absolute atomic E-state index is 0.0985. The highest BCUT2D eigenvalue weighted by Gasteiger charge is 2.18. The van der Waals surface area contributed by atoms with Gasteiger partial charge in [0.1, 0.15) is 13.2 Å². The Morgan fingerprint density at radius 2 is 1.97 bits per heavy atom. The van der Waals surface area contributed by atoms with E-state index in [1.807, 2.05) is 54.0 Å². The summed E-state index contributed by atoms with van der Waals surface area (Å²) in [5, 5.41) is 12.9. The minimum atomic E-state index is -0.172. The molecule has 4 rings (SSSR count). The van der Waals surface area contributed by atoms with Crippen LogP contribution in [0.25, 0.3) is 11.4 Å². The second kappa shape index (κ2) is 10.1. The van der Waals surface area contributed by atoms with Gasteiger partial charge in [0.2, 0.25) is 5.91 Å². The van der Waals surface area contributed by atoms with Crippen LogP contribution in [0.4, 0.5) is 0 Å². The summed E-state index contributed by atoms with van der Waals surface area (Å²) in [6, 6.07) is 12.9. The molecule has 32 heavy (non-hydrogen) atoms. The number of ether oxygens (including phenoxy) is 2. The molecule has 0 fully saturated rings. The van der Waals surface area contributed by atoms with Crippen LogP contribution in [0.15, 0.2) is 60.3 Å².